The minimum absolute atomic E-state index is 0.0237. The molecule has 3 rings (SSSR count). The molecule has 6 nitrogen and oxygen atoms in total. The van der Waals surface area contributed by atoms with E-state index in [9.17, 15) is 9.59 Å². The first-order chi connectivity index (χ1) is 11.7. The second-order valence-corrected chi connectivity index (χ2v) is 5.92. The standard InChI is InChI=1S/C18H21N3O3/c1-14(21-9-5-8-19-21)18(23)20-10-11-24-13-16(20)12-17(22)15-6-3-2-4-7-15/h2-9,14,16H,10-13H2,1H3/t14-,16-/m1/s1. The Morgan fingerprint density at radius 3 is 2.79 bits per heavy atom. The number of hydrogen-bond donors (Lipinski definition) is 0. The summed E-state index contributed by atoms with van der Waals surface area (Å²) in [5.41, 5.74) is 0.663. The lowest BCUT2D eigenvalue weighted by atomic mass is 10.0. The average Bonchev–Trinajstić information content (AvgIpc) is 3.16. The lowest BCUT2D eigenvalue weighted by molar-refractivity contribution is -0.143. The predicted octanol–water partition coefficient (Wildman–Crippen LogP) is 1.94. The van der Waals surface area contributed by atoms with Gasteiger partial charge in [0.2, 0.25) is 5.91 Å². The molecule has 2 heterocycles. The van der Waals surface area contributed by atoms with E-state index in [2.05, 4.69) is 5.10 Å². The number of morpholine rings is 1. The number of carbonyl (C=O) groups excluding carboxylic acids is 2. The van der Waals surface area contributed by atoms with Gasteiger partial charge >= 0.3 is 0 Å². The van der Waals surface area contributed by atoms with Crippen LogP contribution in [0.4, 0.5) is 0 Å². The number of hydrogen-bond acceptors (Lipinski definition) is 4. The summed E-state index contributed by atoms with van der Waals surface area (Å²) in [5, 5.41) is 4.14. The molecule has 1 saturated heterocycles. The van der Waals surface area contributed by atoms with E-state index in [1.807, 2.05) is 25.1 Å². The highest BCUT2D eigenvalue weighted by molar-refractivity contribution is 5.96. The molecule has 0 bridgehead atoms. The smallest absolute Gasteiger partial charge is 0.247 e. The summed E-state index contributed by atoms with van der Waals surface area (Å²) in [6.45, 7) is 3.20. The van der Waals surface area contributed by atoms with Crippen LogP contribution < -0.4 is 0 Å². The lowest BCUT2D eigenvalue weighted by Crippen LogP contribution is -2.51. The Hall–Kier alpha value is -2.47. The molecule has 2 aromatic rings. The molecule has 0 aliphatic carbocycles. The molecule has 1 aromatic heterocycles. The number of rotatable bonds is 5. The van der Waals surface area contributed by atoms with Crippen molar-refractivity contribution >= 4 is 11.7 Å². The molecule has 1 amide bonds. The third-order valence-electron chi connectivity index (χ3n) is 4.31. The van der Waals surface area contributed by atoms with Crippen LogP contribution >= 0.6 is 0 Å². The molecule has 0 spiro atoms. The zero-order valence-electron chi connectivity index (χ0n) is 13.7. The quantitative estimate of drug-likeness (QED) is 0.787. The van der Waals surface area contributed by atoms with Crippen molar-refractivity contribution in [3.63, 3.8) is 0 Å². The van der Waals surface area contributed by atoms with Crippen molar-refractivity contribution in [3.05, 3.63) is 54.4 Å². The molecule has 24 heavy (non-hydrogen) atoms. The van der Waals surface area contributed by atoms with Gasteiger partial charge in [-0.15, -0.1) is 0 Å². The topological polar surface area (TPSA) is 64.4 Å². The van der Waals surface area contributed by atoms with Crippen LogP contribution in [-0.4, -0.2) is 52.2 Å². The summed E-state index contributed by atoms with van der Waals surface area (Å²) >= 11 is 0. The summed E-state index contributed by atoms with van der Waals surface area (Å²) in [7, 11) is 0. The molecule has 1 fully saturated rings. The zero-order valence-corrected chi connectivity index (χ0v) is 13.7. The highest BCUT2D eigenvalue weighted by Crippen LogP contribution is 2.18. The zero-order chi connectivity index (χ0) is 16.9. The van der Waals surface area contributed by atoms with Gasteiger partial charge in [-0.2, -0.15) is 5.10 Å². The summed E-state index contributed by atoms with van der Waals surface area (Å²) in [6, 6.07) is 10.3. The summed E-state index contributed by atoms with van der Waals surface area (Å²) in [4.78, 5) is 27.1. The Bertz CT molecular complexity index is 685. The van der Waals surface area contributed by atoms with Crippen LogP contribution in [-0.2, 0) is 9.53 Å². The Kier molecular flexibility index (Phi) is 5.05. The van der Waals surface area contributed by atoms with Gasteiger partial charge in [-0.3, -0.25) is 14.3 Å². The van der Waals surface area contributed by atoms with Gasteiger partial charge in [-0.1, -0.05) is 30.3 Å². The molecular formula is C18H21N3O3. The van der Waals surface area contributed by atoms with Crippen molar-refractivity contribution in [3.8, 4) is 0 Å². The molecule has 1 aliphatic heterocycles. The highest BCUT2D eigenvalue weighted by Gasteiger charge is 2.32. The first-order valence-corrected chi connectivity index (χ1v) is 8.12. The van der Waals surface area contributed by atoms with Gasteiger partial charge in [0.25, 0.3) is 0 Å². The van der Waals surface area contributed by atoms with E-state index >= 15 is 0 Å². The van der Waals surface area contributed by atoms with E-state index in [4.69, 9.17) is 4.74 Å². The molecule has 6 heteroatoms. The number of benzene rings is 1. The number of nitrogens with zero attached hydrogens (tertiary/aromatic N) is 3. The van der Waals surface area contributed by atoms with Crippen LogP contribution in [0.25, 0.3) is 0 Å². The maximum atomic E-state index is 12.8. The summed E-state index contributed by atoms with van der Waals surface area (Å²) < 4.78 is 7.13. The molecular weight excluding hydrogens is 306 g/mol. The first-order valence-electron chi connectivity index (χ1n) is 8.12. The van der Waals surface area contributed by atoms with Crippen molar-refractivity contribution < 1.29 is 14.3 Å². The van der Waals surface area contributed by atoms with Gasteiger partial charge in [0.15, 0.2) is 5.78 Å². The van der Waals surface area contributed by atoms with Crippen molar-refractivity contribution in [2.24, 2.45) is 0 Å². The van der Waals surface area contributed by atoms with Crippen LogP contribution in [0, 0.1) is 0 Å². The Labute approximate surface area is 141 Å². The summed E-state index contributed by atoms with van der Waals surface area (Å²) in [6.07, 6.45) is 3.69. The minimum atomic E-state index is -0.396. The third-order valence-corrected chi connectivity index (χ3v) is 4.31. The maximum absolute atomic E-state index is 12.8. The Morgan fingerprint density at radius 2 is 2.08 bits per heavy atom. The number of aromatic nitrogens is 2. The van der Waals surface area contributed by atoms with Crippen molar-refractivity contribution in [2.45, 2.75) is 25.4 Å². The van der Waals surface area contributed by atoms with E-state index in [-0.39, 0.29) is 24.2 Å². The van der Waals surface area contributed by atoms with Crippen molar-refractivity contribution in [1.82, 2.24) is 14.7 Å². The normalized spacial score (nSPS) is 19.0. The maximum Gasteiger partial charge on any atom is 0.247 e. The van der Waals surface area contributed by atoms with Crippen LogP contribution in [0.5, 0.6) is 0 Å². The van der Waals surface area contributed by atoms with E-state index in [1.165, 1.54) is 0 Å². The Balaban J connectivity index is 1.71. The fourth-order valence-electron chi connectivity index (χ4n) is 2.93. The van der Waals surface area contributed by atoms with E-state index in [0.29, 0.717) is 25.3 Å². The Morgan fingerprint density at radius 1 is 1.29 bits per heavy atom. The molecule has 1 aromatic carbocycles. The number of amides is 1. The number of carbonyl (C=O) groups is 2. The second-order valence-electron chi connectivity index (χ2n) is 5.92. The van der Waals surface area contributed by atoms with Gasteiger partial charge in [-0.25, -0.2) is 0 Å². The highest BCUT2D eigenvalue weighted by atomic mass is 16.5. The molecule has 126 valence electrons. The fourth-order valence-corrected chi connectivity index (χ4v) is 2.93. The SMILES string of the molecule is C[C@H](C(=O)N1CCOC[C@H]1CC(=O)c1ccccc1)n1cccn1. The number of ether oxygens (including phenoxy) is 1. The van der Waals surface area contributed by atoms with Crippen molar-refractivity contribution in [2.75, 3.05) is 19.8 Å². The summed E-state index contributed by atoms with van der Waals surface area (Å²) in [5.74, 6) is -0.0106. The number of Topliss-reactive ketones (excluding diaryl/α,β-unsaturated/α-hetero) is 1. The monoisotopic (exact) mass is 327 g/mol. The fraction of sp³-hybridized carbons (Fsp3) is 0.389. The van der Waals surface area contributed by atoms with E-state index in [0.717, 1.165) is 0 Å². The lowest BCUT2D eigenvalue weighted by Gasteiger charge is -2.36. The third kappa shape index (κ3) is 3.54. The first kappa shape index (κ1) is 16.4. The van der Waals surface area contributed by atoms with Crippen LogP contribution in [0.2, 0.25) is 0 Å². The largest absolute Gasteiger partial charge is 0.377 e. The van der Waals surface area contributed by atoms with Gasteiger partial charge in [0.05, 0.1) is 19.3 Å². The molecule has 0 saturated carbocycles. The second kappa shape index (κ2) is 7.40. The molecule has 0 N–H and O–H groups in total. The van der Waals surface area contributed by atoms with Crippen LogP contribution in [0.1, 0.15) is 29.7 Å². The van der Waals surface area contributed by atoms with Gasteiger partial charge in [-0.05, 0) is 13.0 Å². The van der Waals surface area contributed by atoms with Crippen LogP contribution in [0.15, 0.2) is 48.8 Å². The number of ketones is 1. The molecule has 0 unspecified atom stereocenters. The van der Waals surface area contributed by atoms with Crippen LogP contribution in [0.3, 0.4) is 0 Å². The minimum Gasteiger partial charge on any atom is -0.377 e. The van der Waals surface area contributed by atoms with Gasteiger partial charge in [0.1, 0.15) is 6.04 Å². The van der Waals surface area contributed by atoms with E-state index < -0.39 is 6.04 Å². The molecule has 1 aliphatic rings. The average molecular weight is 327 g/mol. The molecule has 0 radical (unpaired) electrons. The predicted molar refractivity (Wildman–Crippen MR) is 88.6 cm³/mol. The van der Waals surface area contributed by atoms with Gasteiger partial charge < -0.3 is 9.64 Å². The van der Waals surface area contributed by atoms with Gasteiger partial charge in [0, 0.05) is 30.9 Å². The van der Waals surface area contributed by atoms with Crippen molar-refractivity contribution in [1.29, 1.82) is 0 Å². The van der Waals surface area contributed by atoms with E-state index in [1.54, 1.807) is 40.2 Å². The molecule has 2 atom stereocenters.